The lowest BCUT2D eigenvalue weighted by atomic mass is 10.1. The Morgan fingerprint density at radius 3 is 2.42 bits per heavy atom. The van der Waals surface area contributed by atoms with E-state index in [1.54, 1.807) is 19.3 Å². The molecule has 0 unspecified atom stereocenters. The number of hydrogen-bond donors (Lipinski definition) is 0. The van der Waals surface area contributed by atoms with E-state index in [9.17, 15) is 9.59 Å². The lowest BCUT2D eigenvalue weighted by molar-refractivity contribution is -0.122. The first-order valence-electron chi connectivity index (χ1n) is 8.35. The maximum Gasteiger partial charge on any atom is 0.293 e. The Kier molecular flexibility index (Phi) is 7.99. The molecule has 0 radical (unpaired) electrons. The Morgan fingerprint density at radius 1 is 1.15 bits per heavy atom. The summed E-state index contributed by atoms with van der Waals surface area (Å²) >= 11 is 4.44. The molecule has 1 fully saturated rings. The average Bonchev–Trinajstić information content (AvgIpc) is 2.86. The normalized spacial score (nSPS) is 15.8. The summed E-state index contributed by atoms with van der Waals surface area (Å²) < 4.78 is 16.9. The summed E-state index contributed by atoms with van der Waals surface area (Å²) in [5, 5.41) is -0.260. The van der Waals surface area contributed by atoms with E-state index in [-0.39, 0.29) is 11.1 Å². The maximum absolute atomic E-state index is 12.5. The van der Waals surface area contributed by atoms with Crippen LogP contribution in [-0.2, 0) is 9.53 Å². The van der Waals surface area contributed by atoms with Crippen molar-refractivity contribution in [3.8, 4) is 11.5 Å². The zero-order chi connectivity index (χ0) is 19.1. The Labute approximate surface area is 166 Å². The predicted molar refractivity (Wildman–Crippen MR) is 106 cm³/mol. The molecule has 1 heterocycles. The Morgan fingerprint density at radius 2 is 1.81 bits per heavy atom. The minimum Gasteiger partial charge on any atom is -0.490 e. The minimum absolute atomic E-state index is 0.260. The highest BCUT2D eigenvalue weighted by Crippen LogP contribution is 2.38. The predicted octanol–water partition coefficient (Wildman–Crippen LogP) is 4.32. The molecule has 0 aliphatic carbocycles. The zero-order valence-electron chi connectivity index (χ0n) is 15.0. The summed E-state index contributed by atoms with van der Waals surface area (Å²) in [6, 6.07) is 3.61. The highest BCUT2D eigenvalue weighted by Gasteiger charge is 2.34. The van der Waals surface area contributed by atoms with Gasteiger partial charge in [0.05, 0.1) is 18.1 Å². The van der Waals surface area contributed by atoms with Gasteiger partial charge in [-0.15, -0.1) is 0 Å². The van der Waals surface area contributed by atoms with Gasteiger partial charge in [-0.25, -0.2) is 0 Å². The summed E-state index contributed by atoms with van der Waals surface area (Å²) in [5.74, 6) is 0.948. The number of hydrogen-bond acceptors (Lipinski definition) is 6. The van der Waals surface area contributed by atoms with Gasteiger partial charge in [0.1, 0.15) is 0 Å². The number of nitrogens with zero attached hydrogens (tertiary/aromatic N) is 1. The van der Waals surface area contributed by atoms with Crippen molar-refractivity contribution in [1.82, 2.24) is 4.90 Å². The number of methoxy groups -OCH3 is 1. The quantitative estimate of drug-likeness (QED) is 0.418. The van der Waals surface area contributed by atoms with E-state index in [4.69, 9.17) is 14.2 Å². The van der Waals surface area contributed by atoms with Crippen molar-refractivity contribution in [3.63, 3.8) is 0 Å². The summed E-state index contributed by atoms with van der Waals surface area (Å²) in [6.45, 7) is 5.66. The average molecular weight is 444 g/mol. The minimum atomic E-state index is -0.283. The van der Waals surface area contributed by atoms with Crippen LogP contribution >= 0.6 is 27.7 Å². The molecule has 1 aliphatic rings. The van der Waals surface area contributed by atoms with Crippen LogP contribution < -0.4 is 9.47 Å². The van der Waals surface area contributed by atoms with Gasteiger partial charge >= 0.3 is 0 Å². The number of amides is 2. The lowest BCUT2D eigenvalue weighted by Gasteiger charge is -2.13. The van der Waals surface area contributed by atoms with Gasteiger partial charge in [0, 0.05) is 24.7 Å². The summed E-state index contributed by atoms with van der Waals surface area (Å²) in [7, 11) is 1.59. The van der Waals surface area contributed by atoms with Crippen LogP contribution in [0, 0.1) is 0 Å². The number of imide groups is 1. The van der Waals surface area contributed by atoms with Crippen LogP contribution in [0.5, 0.6) is 11.5 Å². The molecule has 0 N–H and O–H groups in total. The van der Waals surface area contributed by atoms with Gasteiger partial charge in [-0.2, -0.15) is 0 Å². The third-order valence-corrected chi connectivity index (χ3v) is 5.15. The van der Waals surface area contributed by atoms with Crippen LogP contribution in [0.1, 0.15) is 25.8 Å². The van der Waals surface area contributed by atoms with Gasteiger partial charge < -0.3 is 14.2 Å². The van der Waals surface area contributed by atoms with E-state index in [0.29, 0.717) is 49.2 Å². The topological polar surface area (TPSA) is 65.1 Å². The summed E-state index contributed by atoms with van der Waals surface area (Å²) in [6.07, 6.45) is 2.31. The largest absolute Gasteiger partial charge is 0.490 e. The first kappa shape index (κ1) is 20.8. The molecular weight excluding hydrogens is 422 g/mol. The van der Waals surface area contributed by atoms with E-state index >= 15 is 0 Å². The molecule has 0 atom stereocenters. The second-order valence-electron chi connectivity index (χ2n) is 5.37. The molecule has 6 nitrogen and oxygen atoms in total. The Balaban J connectivity index is 2.27. The molecule has 2 rings (SSSR count). The fourth-order valence-electron chi connectivity index (χ4n) is 2.40. The molecule has 26 heavy (non-hydrogen) atoms. The number of thioether (sulfide) groups is 1. The fraction of sp³-hybridized carbons (Fsp3) is 0.444. The molecule has 1 saturated heterocycles. The van der Waals surface area contributed by atoms with E-state index in [1.165, 1.54) is 4.90 Å². The van der Waals surface area contributed by atoms with E-state index < -0.39 is 0 Å². The molecule has 142 valence electrons. The van der Waals surface area contributed by atoms with Crippen molar-refractivity contribution in [3.05, 3.63) is 27.1 Å². The number of rotatable bonds is 9. The highest BCUT2D eigenvalue weighted by molar-refractivity contribution is 9.10. The van der Waals surface area contributed by atoms with Crippen LogP contribution in [-0.4, -0.2) is 49.5 Å². The van der Waals surface area contributed by atoms with Gasteiger partial charge in [0.2, 0.25) is 0 Å². The van der Waals surface area contributed by atoms with E-state index in [1.807, 2.05) is 19.9 Å². The van der Waals surface area contributed by atoms with Crippen LogP contribution in [0.3, 0.4) is 0 Å². The first-order valence-corrected chi connectivity index (χ1v) is 9.96. The molecule has 0 bridgehead atoms. The van der Waals surface area contributed by atoms with Crippen molar-refractivity contribution >= 4 is 44.9 Å². The second-order valence-corrected chi connectivity index (χ2v) is 7.21. The van der Waals surface area contributed by atoms with E-state index in [0.717, 1.165) is 21.8 Å². The van der Waals surface area contributed by atoms with Gasteiger partial charge in [0.25, 0.3) is 11.1 Å². The molecule has 0 saturated carbocycles. The molecule has 0 aromatic heterocycles. The molecule has 1 aromatic carbocycles. The number of carbonyl (C=O) groups excluding carboxylic acids is 2. The van der Waals surface area contributed by atoms with Crippen molar-refractivity contribution in [2.45, 2.75) is 20.3 Å². The van der Waals surface area contributed by atoms with Crippen LogP contribution in [0.25, 0.3) is 6.08 Å². The van der Waals surface area contributed by atoms with Gasteiger partial charge in [-0.3, -0.25) is 14.5 Å². The number of ether oxygens (including phenoxy) is 3. The molecule has 1 aliphatic heterocycles. The second kappa shape index (κ2) is 9.99. The summed E-state index contributed by atoms with van der Waals surface area (Å²) in [4.78, 5) is 26.3. The van der Waals surface area contributed by atoms with Crippen molar-refractivity contribution in [2.75, 3.05) is 33.5 Å². The molecule has 1 aromatic rings. The van der Waals surface area contributed by atoms with Crippen molar-refractivity contribution in [1.29, 1.82) is 0 Å². The third kappa shape index (κ3) is 5.02. The maximum atomic E-state index is 12.5. The molecule has 8 heteroatoms. The van der Waals surface area contributed by atoms with Gasteiger partial charge in [0.15, 0.2) is 11.5 Å². The van der Waals surface area contributed by atoms with Crippen LogP contribution in [0.15, 0.2) is 21.5 Å². The number of benzene rings is 1. The fourth-order valence-corrected chi connectivity index (χ4v) is 3.69. The smallest absolute Gasteiger partial charge is 0.293 e. The molecule has 2 amide bonds. The summed E-state index contributed by atoms with van der Waals surface area (Å²) in [5.41, 5.74) is 0.749. The SMILES string of the molecule is CCOc1cc(Br)c(/C=C2/SC(=O)N(CCCOC)C2=O)cc1OCC. The van der Waals surface area contributed by atoms with Gasteiger partial charge in [-0.1, -0.05) is 15.9 Å². The number of carbonyl (C=O) groups is 2. The van der Waals surface area contributed by atoms with Crippen LogP contribution in [0.4, 0.5) is 4.79 Å². The third-order valence-electron chi connectivity index (χ3n) is 3.55. The first-order chi connectivity index (χ1) is 12.5. The molecule has 0 spiro atoms. The molecular formula is C18H22BrNO5S. The van der Waals surface area contributed by atoms with Crippen LogP contribution in [0.2, 0.25) is 0 Å². The van der Waals surface area contributed by atoms with E-state index in [2.05, 4.69) is 15.9 Å². The van der Waals surface area contributed by atoms with Crippen molar-refractivity contribution < 1.29 is 23.8 Å². The number of halogens is 1. The zero-order valence-corrected chi connectivity index (χ0v) is 17.4. The Hall–Kier alpha value is -1.51. The Bertz CT molecular complexity index is 707. The standard InChI is InChI=1S/C18H22BrNO5S/c1-4-24-14-9-12(13(19)11-15(14)25-5-2)10-16-17(21)20(18(22)26-16)7-6-8-23-3/h9-11H,4-8H2,1-3H3/b16-10+. The van der Waals surface area contributed by atoms with Crippen molar-refractivity contribution in [2.24, 2.45) is 0 Å². The monoisotopic (exact) mass is 443 g/mol. The highest BCUT2D eigenvalue weighted by atomic mass is 79.9. The lowest BCUT2D eigenvalue weighted by Crippen LogP contribution is -2.29. The van der Waals surface area contributed by atoms with Gasteiger partial charge in [-0.05, 0) is 55.8 Å².